The number of aliphatic hydroxyl groups is 1. The molecule has 0 aliphatic rings. The van der Waals surface area contributed by atoms with E-state index in [1.165, 1.54) is 0 Å². The summed E-state index contributed by atoms with van der Waals surface area (Å²) in [6, 6.07) is 0. The molecular weight excluding hydrogens is 150 g/mol. The van der Waals surface area contributed by atoms with Gasteiger partial charge >= 0.3 is 0 Å². The van der Waals surface area contributed by atoms with Crippen LogP contribution in [0.3, 0.4) is 0 Å². The number of rotatable bonds is 3. The molecule has 0 rings (SSSR count). The minimum Gasteiger partial charge on any atom is -0.510 e. The molecule has 2 heteroatoms. The highest BCUT2D eigenvalue weighted by Crippen LogP contribution is 2.12. The Morgan fingerprint density at radius 2 is 1.83 bits per heavy atom. The predicted molar refractivity (Wildman–Crippen MR) is 53.6 cm³/mol. The molecule has 0 radical (unpaired) electrons. The molecule has 0 saturated carbocycles. The van der Waals surface area contributed by atoms with Crippen LogP contribution < -0.4 is 0 Å². The molecule has 0 aromatic heterocycles. The van der Waals surface area contributed by atoms with E-state index < -0.39 is 0 Å². The van der Waals surface area contributed by atoms with E-state index in [2.05, 4.69) is 11.9 Å². The van der Waals surface area contributed by atoms with Crippen LogP contribution in [-0.4, -0.2) is 10.8 Å². The lowest BCUT2D eigenvalue weighted by molar-refractivity contribution is 0.344. The van der Waals surface area contributed by atoms with Gasteiger partial charge in [0.2, 0.25) is 0 Å². The minimum atomic E-state index is 0.165. The standard InChI is InChI=1S/C10H19NO/c1-6-8(4)11-9(5)10(12)7(2)3/h7,12H,6H2,1-5H3/b10-9-,11-8?. The highest BCUT2D eigenvalue weighted by atomic mass is 16.3. The van der Waals surface area contributed by atoms with Gasteiger partial charge in [0.15, 0.2) is 0 Å². The molecule has 2 nitrogen and oxygen atoms in total. The zero-order valence-electron chi connectivity index (χ0n) is 8.68. The van der Waals surface area contributed by atoms with Crippen molar-refractivity contribution in [2.75, 3.05) is 0 Å². The molecule has 0 aliphatic carbocycles. The molecule has 0 heterocycles. The quantitative estimate of drug-likeness (QED) is 0.510. The van der Waals surface area contributed by atoms with E-state index in [1.807, 2.05) is 27.7 Å². The van der Waals surface area contributed by atoms with Gasteiger partial charge in [-0.05, 0) is 20.3 Å². The van der Waals surface area contributed by atoms with E-state index in [1.54, 1.807) is 0 Å². The average molecular weight is 169 g/mol. The molecule has 0 atom stereocenters. The second-order valence-electron chi connectivity index (χ2n) is 3.33. The zero-order valence-corrected chi connectivity index (χ0v) is 8.68. The van der Waals surface area contributed by atoms with E-state index in [4.69, 9.17) is 0 Å². The second-order valence-corrected chi connectivity index (χ2v) is 3.33. The zero-order chi connectivity index (χ0) is 9.72. The van der Waals surface area contributed by atoms with Gasteiger partial charge in [-0.15, -0.1) is 0 Å². The van der Waals surface area contributed by atoms with Gasteiger partial charge in [-0.25, -0.2) is 0 Å². The number of hydrogen-bond donors (Lipinski definition) is 1. The largest absolute Gasteiger partial charge is 0.510 e. The summed E-state index contributed by atoms with van der Waals surface area (Å²) in [6.45, 7) is 9.77. The minimum absolute atomic E-state index is 0.165. The maximum Gasteiger partial charge on any atom is 0.116 e. The first-order chi connectivity index (χ1) is 5.49. The van der Waals surface area contributed by atoms with Gasteiger partial charge < -0.3 is 5.11 Å². The van der Waals surface area contributed by atoms with Crippen molar-refractivity contribution in [1.82, 2.24) is 0 Å². The van der Waals surface area contributed by atoms with E-state index in [0.29, 0.717) is 5.76 Å². The molecular formula is C10H19NO. The fraction of sp³-hybridized carbons (Fsp3) is 0.700. The van der Waals surface area contributed by atoms with Crippen LogP contribution in [0.25, 0.3) is 0 Å². The number of aliphatic hydroxyl groups excluding tert-OH is 1. The lowest BCUT2D eigenvalue weighted by Gasteiger charge is -2.06. The van der Waals surface area contributed by atoms with Gasteiger partial charge in [-0.2, -0.15) is 0 Å². The Morgan fingerprint density at radius 3 is 2.17 bits per heavy atom. The van der Waals surface area contributed by atoms with Crippen molar-refractivity contribution in [2.45, 2.75) is 41.0 Å². The monoisotopic (exact) mass is 169 g/mol. The van der Waals surface area contributed by atoms with Gasteiger partial charge in [0.25, 0.3) is 0 Å². The van der Waals surface area contributed by atoms with Crippen LogP contribution in [0, 0.1) is 5.92 Å². The van der Waals surface area contributed by atoms with E-state index in [0.717, 1.165) is 17.8 Å². The fourth-order valence-electron chi connectivity index (χ4n) is 0.840. The van der Waals surface area contributed by atoms with Crippen LogP contribution in [0.15, 0.2) is 16.4 Å². The summed E-state index contributed by atoms with van der Waals surface area (Å²) in [5.74, 6) is 0.557. The lowest BCUT2D eigenvalue weighted by Crippen LogP contribution is -1.97. The Hall–Kier alpha value is -0.790. The first-order valence-corrected chi connectivity index (χ1v) is 4.42. The fourth-order valence-corrected chi connectivity index (χ4v) is 0.840. The van der Waals surface area contributed by atoms with Crippen LogP contribution in [0.1, 0.15) is 41.0 Å². The molecule has 0 bridgehead atoms. The topological polar surface area (TPSA) is 32.6 Å². The second kappa shape index (κ2) is 4.96. The predicted octanol–water partition coefficient (Wildman–Crippen LogP) is 3.30. The van der Waals surface area contributed by atoms with Crippen molar-refractivity contribution in [3.63, 3.8) is 0 Å². The maximum atomic E-state index is 9.51. The van der Waals surface area contributed by atoms with Gasteiger partial charge in [0.1, 0.15) is 5.76 Å². The molecule has 0 aromatic rings. The summed E-state index contributed by atoms with van der Waals surface area (Å²) in [7, 11) is 0. The molecule has 0 unspecified atom stereocenters. The molecule has 0 spiro atoms. The summed E-state index contributed by atoms with van der Waals surface area (Å²) < 4.78 is 0. The first kappa shape index (κ1) is 11.2. The Labute approximate surface area is 75.0 Å². The Balaban J connectivity index is 4.57. The number of allylic oxidation sites excluding steroid dienone is 2. The van der Waals surface area contributed by atoms with Gasteiger partial charge in [0, 0.05) is 11.6 Å². The lowest BCUT2D eigenvalue weighted by atomic mass is 10.1. The summed E-state index contributed by atoms with van der Waals surface area (Å²) in [5, 5.41) is 9.51. The highest BCUT2D eigenvalue weighted by molar-refractivity contribution is 5.82. The maximum absolute atomic E-state index is 9.51. The van der Waals surface area contributed by atoms with Crippen molar-refractivity contribution in [1.29, 1.82) is 0 Å². The third kappa shape index (κ3) is 3.56. The molecule has 0 amide bonds. The summed E-state index contributed by atoms with van der Waals surface area (Å²) in [6.07, 6.45) is 0.933. The molecule has 0 aliphatic heterocycles. The third-order valence-corrected chi connectivity index (χ3v) is 1.79. The third-order valence-electron chi connectivity index (χ3n) is 1.79. The Morgan fingerprint density at radius 1 is 1.33 bits per heavy atom. The van der Waals surface area contributed by atoms with Crippen molar-refractivity contribution in [3.05, 3.63) is 11.5 Å². The van der Waals surface area contributed by atoms with Crippen molar-refractivity contribution in [3.8, 4) is 0 Å². The summed E-state index contributed by atoms with van der Waals surface area (Å²) >= 11 is 0. The van der Waals surface area contributed by atoms with Gasteiger partial charge in [-0.3, -0.25) is 4.99 Å². The van der Waals surface area contributed by atoms with Crippen molar-refractivity contribution < 1.29 is 5.11 Å². The number of hydrogen-bond acceptors (Lipinski definition) is 2. The average Bonchev–Trinajstić information content (AvgIpc) is 2.02. The van der Waals surface area contributed by atoms with Gasteiger partial charge in [-0.1, -0.05) is 20.8 Å². The van der Waals surface area contributed by atoms with E-state index in [9.17, 15) is 5.11 Å². The van der Waals surface area contributed by atoms with Gasteiger partial charge in [0.05, 0.1) is 5.70 Å². The Kier molecular flexibility index (Phi) is 4.64. The normalized spacial score (nSPS) is 15.0. The van der Waals surface area contributed by atoms with Crippen LogP contribution in [0.5, 0.6) is 0 Å². The van der Waals surface area contributed by atoms with Crippen LogP contribution in [-0.2, 0) is 0 Å². The van der Waals surface area contributed by atoms with Crippen molar-refractivity contribution >= 4 is 5.71 Å². The number of nitrogens with zero attached hydrogens (tertiary/aromatic N) is 1. The number of aliphatic imine (C=N–C) groups is 1. The molecule has 1 N–H and O–H groups in total. The molecule has 70 valence electrons. The van der Waals surface area contributed by atoms with Crippen LogP contribution >= 0.6 is 0 Å². The SMILES string of the molecule is CCC(C)=N/C(C)=C(\O)C(C)C. The first-order valence-electron chi connectivity index (χ1n) is 4.42. The molecule has 0 saturated heterocycles. The van der Waals surface area contributed by atoms with E-state index >= 15 is 0 Å². The molecule has 0 aromatic carbocycles. The smallest absolute Gasteiger partial charge is 0.116 e. The van der Waals surface area contributed by atoms with E-state index in [-0.39, 0.29) is 5.92 Å². The molecule has 12 heavy (non-hydrogen) atoms. The van der Waals surface area contributed by atoms with Crippen LogP contribution in [0.2, 0.25) is 0 Å². The summed E-state index contributed by atoms with van der Waals surface area (Å²) in [4.78, 5) is 4.26. The van der Waals surface area contributed by atoms with Crippen molar-refractivity contribution in [2.24, 2.45) is 10.9 Å². The Bertz CT molecular complexity index is 202. The summed E-state index contributed by atoms with van der Waals surface area (Å²) in [5.41, 5.74) is 1.80. The van der Waals surface area contributed by atoms with Crippen LogP contribution in [0.4, 0.5) is 0 Å². The highest BCUT2D eigenvalue weighted by Gasteiger charge is 2.03. The molecule has 0 fully saturated rings.